The number of hydrogen-bond donors (Lipinski definition) is 3. The van der Waals surface area contributed by atoms with Gasteiger partial charge in [0.15, 0.2) is 0 Å². The number of piperidine rings is 2. The van der Waals surface area contributed by atoms with Gasteiger partial charge in [-0.1, -0.05) is 12.1 Å². The van der Waals surface area contributed by atoms with E-state index < -0.39 is 5.97 Å². The standard InChI is InChI=1S/C17H24N2O2/c20-17(21)14-6-3-12(4-7-14)5-9-15-10-8-13-2-1-11-18-16(13)19-15/h3-4,6-7,13,15-16,18-19H,1-2,5,8-11H2,(H,20,21). The minimum atomic E-state index is -0.857. The summed E-state index contributed by atoms with van der Waals surface area (Å²) in [7, 11) is 0. The van der Waals surface area contributed by atoms with Crippen LogP contribution in [-0.4, -0.2) is 29.8 Å². The van der Waals surface area contributed by atoms with Crippen molar-refractivity contribution in [2.75, 3.05) is 6.54 Å². The highest BCUT2D eigenvalue weighted by Crippen LogP contribution is 2.27. The molecule has 4 nitrogen and oxygen atoms in total. The summed E-state index contributed by atoms with van der Waals surface area (Å²) in [4.78, 5) is 10.8. The summed E-state index contributed by atoms with van der Waals surface area (Å²) in [6, 6.07) is 7.85. The van der Waals surface area contributed by atoms with E-state index in [9.17, 15) is 4.79 Å². The van der Waals surface area contributed by atoms with E-state index in [4.69, 9.17) is 5.11 Å². The molecule has 3 unspecified atom stereocenters. The molecular formula is C17H24N2O2. The Labute approximate surface area is 125 Å². The van der Waals surface area contributed by atoms with E-state index in [1.807, 2.05) is 12.1 Å². The van der Waals surface area contributed by atoms with E-state index >= 15 is 0 Å². The number of aromatic carboxylic acids is 1. The molecule has 0 aromatic heterocycles. The fraction of sp³-hybridized carbons (Fsp3) is 0.588. The molecule has 2 aliphatic heterocycles. The number of benzene rings is 1. The predicted octanol–water partition coefficient (Wildman–Crippen LogP) is 2.40. The van der Waals surface area contributed by atoms with Crippen molar-refractivity contribution in [1.82, 2.24) is 10.6 Å². The van der Waals surface area contributed by atoms with Crippen molar-refractivity contribution >= 4 is 5.97 Å². The third kappa shape index (κ3) is 3.63. The van der Waals surface area contributed by atoms with Crippen LogP contribution in [0.25, 0.3) is 0 Å². The second kappa shape index (κ2) is 6.58. The summed E-state index contributed by atoms with van der Waals surface area (Å²) in [5.41, 5.74) is 1.59. The van der Waals surface area contributed by atoms with E-state index in [0.717, 1.165) is 25.3 Å². The lowest BCUT2D eigenvalue weighted by molar-refractivity contribution is 0.0697. The minimum absolute atomic E-state index is 0.365. The SMILES string of the molecule is O=C(O)c1ccc(CCC2CCC3CCCNC3N2)cc1. The topological polar surface area (TPSA) is 61.4 Å². The van der Waals surface area contributed by atoms with Gasteiger partial charge >= 0.3 is 5.97 Å². The number of aryl methyl sites for hydroxylation is 1. The molecular weight excluding hydrogens is 264 g/mol. The highest BCUT2D eigenvalue weighted by atomic mass is 16.4. The van der Waals surface area contributed by atoms with Crippen LogP contribution >= 0.6 is 0 Å². The van der Waals surface area contributed by atoms with Crippen molar-refractivity contribution in [2.45, 2.75) is 50.7 Å². The lowest BCUT2D eigenvalue weighted by Crippen LogP contribution is -2.57. The van der Waals surface area contributed by atoms with Crippen LogP contribution in [0.2, 0.25) is 0 Å². The number of carboxylic acids is 1. The van der Waals surface area contributed by atoms with Gasteiger partial charge < -0.3 is 10.4 Å². The molecule has 0 saturated carbocycles. The van der Waals surface area contributed by atoms with Crippen LogP contribution in [0.1, 0.15) is 48.0 Å². The molecule has 3 atom stereocenters. The highest BCUT2D eigenvalue weighted by molar-refractivity contribution is 5.87. The van der Waals surface area contributed by atoms with Gasteiger partial charge in [0.25, 0.3) is 0 Å². The fourth-order valence-electron chi connectivity index (χ4n) is 3.60. The van der Waals surface area contributed by atoms with Crippen LogP contribution in [0.15, 0.2) is 24.3 Å². The average molecular weight is 288 g/mol. The lowest BCUT2D eigenvalue weighted by Gasteiger charge is -2.41. The fourth-order valence-corrected chi connectivity index (χ4v) is 3.60. The zero-order valence-corrected chi connectivity index (χ0v) is 12.3. The summed E-state index contributed by atoms with van der Waals surface area (Å²) < 4.78 is 0. The monoisotopic (exact) mass is 288 g/mol. The molecule has 114 valence electrons. The quantitative estimate of drug-likeness (QED) is 0.796. The molecule has 3 rings (SSSR count). The van der Waals surface area contributed by atoms with E-state index in [1.165, 1.54) is 31.2 Å². The molecule has 4 heteroatoms. The Hall–Kier alpha value is -1.39. The number of fused-ring (bicyclic) bond motifs is 1. The minimum Gasteiger partial charge on any atom is -0.478 e. The first-order chi connectivity index (χ1) is 10.2. The molecule has 2 fully saturated rings. The van der Waals surface area contributed by atoms with Crippen molar-refractivity contribution < 1.29 is 9.90 Å². The van der Waals surface area contributed by atoms with Crippen molar-refractivity contribution in [3.05, 3.63) is 35.4 Å². The van der Waals surface area contributed by atoms with E-state index in [-0.39, 0.29) is 0 Å². The van der Waals surface area contributed by atoms with Crippen LogP contribution in [0, 0.1) is 5.92 Å². The first kappa shape index (κ1) is 14.5. The Morgan fingerprint density at radius 2 is 2.00 bits per heavy atom. The van der Waals surface area contributed by atoms with Crippen molar-refractivity contribution in [1.29, 1.82) is 0 Å². The van der Waals surface area contributed by atoms with Gasteiger partial charge in [-0.2, -0.15) is 0 Å². The largest absolute Gasteiger partial charge is 0.478 e. The third-order valence-corrected chi connectivity index (χ3v) is 4.87. The number of nitrogens with one attached hydrogen (secondary N) is 2. The molecule has 3 N–H and O–H groups in total. The maximum atomic E-state index is 10.8. The molecule has 0 bridgehead atoms. The Kier molecular flexibility index (Phi) is 4.56. The van der Waals surface area contributed by atoms with Gasteiger partial charge in [0.05, 0.1) is 11.7 Å². The number of hydrogen-bond acceptors (Lipinski definition) is 3. The van der Waals surface area contributed by atoms with Crippen LogP contribution in [0.4, 0.5) is 0 Å². The molecule has 0 aliphatic carbocycles. The lowest BCUT2D eigenvalue weighted by atomic mass is 9.84. The second-order valence-corrected chi connectivity index (χ2v) is 6.32. The molecule has 0 spiro atoms. The zero-order chi connectivity index (χ0) is 14.7. The summed E-state index contributed by atoms with van der Waals surface area (Å²) in [5, 5.41) is 16.2. The van der Waals surface area contributed by atoms with Gasteiger partial charge in [-0.25, -0.2) is 4.79 Å². The number of carbonyl (C=O) groups is 1. The molecule has 21 heavy (non-hydrogen) atoms. The Morgan fingerprint density at radius 3 is 2.76 bits per heavy atom. The molecule has 1 aromatic rings. The number of carboxylic acid groups (broad SMARTS) is 1. The van der Waals surface area contributed by atoms with Crippen molar-refractivity contribution in [3.8, 4) is 0 Å². The van der Waals surface area contributed by atoms with E-state index in [2.05, 4.69) is 10.6 Å². The van der Waals surface area contributed by atoms with Gasteiger partial charge in [-0.15, -0.1) is 0 Å². The maximum absolute atomic E-state index is 10.8. The Bertz CT molecular complexity index is 486. The first-order valence-corrected chi connectivity index (χ1v) is 8.04. The van der Waals surface area contributed by atoms with Crippen LogP contribution in [-0.2, 0) is 6.42 Å². The van der Waals surface area contributed by atoms with Gasteiger partial charge in [-0.3, -0.25) is 5.32 Å². The van der Waals surface area contributed by atoms with Crippen molar-refractivity contribution in [2.24, 2.45) is 5.92 Å². The normalized spacial score (nSPS) is 28.9. The number of rotatable bonds is 4. The second-order valence-electron chi connectivity index (χ2n) is 6.32. The predicted molar refractivity (Wildman–Crippen MR) is 82.4 cm³/mol. The summed E-state index contributed by atoms with van der Waals surface area (Å²) >= 11 is 0. The first-order valence-electron chi connectivity index (χ1n) is 8.04. The van der Waals surface area contributed by atoms with Crippen LogP contribution in [0.3, 0.4) is 0 Å². The highest BCUT2D eigenvalue weighted by Gasteiger charge is 2.30. The van der Waals surface area contributed by atoms with Crippen LogP contribution in [0.5, 0.6) is 0 Å². The Morgan fingerprint density at radius 1 is 1.19 bits per heavy atom. The van der Waals surface area contributed by atoms with E-state index in [0.29, 0.717) is 17.8 Å². The molecule has 2 saturated heterocycles. The molecule has 2 aliphatic rings. The Balaban J connectivity index is 1.49. The van der Waals surface area contributed by atoms with Gasteiger partial charge in [0, 0.05) is 6.04 Å². The molecule has 2 heterocycles. The third-order valence-electron chi connectivity index (χ3n) is 4.87. The average Bonchev–Trinajstić information content (AvgIpc) is 2.53. The molecule has 1 aromatic carbocycles. The van der Waals surface area contributed by atoms with Gasteiger partial charge in [0.2, 0.25) is 0 Å². The zero-order valence-electron chi connectivity index (χ0n) is 12.3. The van der Waals surface area contributed by atoms with Crippen LogP contribution < -0.4 is 10.6 Å². The van der Waals surface area contributed by atoms with Gasteiger partial charge in [0.1, 0.15) is 0 Å². The maximum Gasteiger partial charge on any atom is 0.335 e. The summed E-state index contributed by atoms with van der Waals surface area (Å²) in [6.07, 6.45) is 7.89. The molecule has 0 amide bonds. The van der Waals surface area contributed by atoms with Crippen molar-refractivity contribution in [3.63, 3.8) is 0 Å². The summed E-state index contributed by atoms with van der Waals surface area (Å²) in [6.45, 7) is 1.14. The smallest absolute Gasteiger partial charge is 0.335 e. The summed E-state index contributed by atoms with van der Waals surface area (Å²) in [5.74, 6) is -0.0465. The van der Waals surface area contributed by atoms with Gasteiger partial charge in [-0.05, 0) is 68.7 Å². The van der Waals surface area contributed by atoms with E-state index in [1.54, 1.807) is 12.1 Å². The molecule has 0 radical (unpaired) electrons.